The van der Waals surface area contributed by atoms with Gasteiger partial charge < -0.3 is 14.1 Å². The number of aromatic amines is 1. The number of ether oxygens (including phenoxy) is 1. The molecule has 2 heterocycles. The normalized spacial score (nSPS) is 11.9. The zero-order valence-electron chi connectivity index (χ0n) is 17.5. The molecule has 0 spiro atoms. The maximum atomic E-state index is 11.7. The highest BCUT2D eigenvalue weighted by molar-refractivity contribution is 6.74. The average Bonchev–Trinajstić information content (AvgIpc) is 2.61. The molecule has 0 aliphatic carbocycles. The van der Waals surface area contributed by atoms with E-state index in [9.17, 15) is 4.79 Å². The number of aryl methyl sites for hydroxylation is 1. The molecular weight excluding hydrogens is 370 g/mol. The lowest BCUT2D eigenvalue weighted by atomic mass is 10.1. The van der Waals surface area contributed by atoms with E-state index in [2.05, 4.69) is 48.7 Å². The fourth-order valence-corrected chi connectivity index (χ4v) is 3.49. The second-order valence-electron chi connectivity index (χ2n) is 8.33. The van der Waals surface area contributed by atoms with Crippen molar-refractivity contribution >= 4 is 14.0 Å². The van der Waals surface area contributed by atoms with E-state index in [4.69, 9.17) is 15.7 Å². The quantitative estimate of drug-likeness (QED) is 0.400. The van der Waals surface area contributed by atoms with Crippen LogP contribution < -0.4 is 10.3 Å². The van der Waals surface area contributed by atoms with Crippen molar-refractivity contribution in [3.05, 3.63) is 51.9 Å². The van der Waals surface area contributed by atoms with Gasteiger partial charge in [0.05, 0.1) is 13.2 Å². The lowest BCUT2D eigenvalue weighted by Gasteiger charge is -2.36. The summed E-state index contributed by atoms with van der Waals surface area (Å²) in [7, 11) is -1.71. The molecule has 0 fully saturated rings. The van der Waals surface area contributed by atoms with Gasteiger partial charge in [0.2, 0.25) is 5.88 Å². The van der Waals surface area contributed by atoms with Gasteiger partial charge in [-0.2, -0.15) is 0 Å². The molecule has 0 radical (unpaired) electrons. The van der Waals surface area contributed by atoms with Gasteiger partial charge in [-0.05, 0) is 42.8 Å². The lowest BCUT2D eigenvalue weighted by molar-refractivity contribution is 0.229. The molecule has 0 saturated heterocycles. The van der Waals surface area contributed by atoms with Gasteiger partial charge in [0, 0.05) is 36.5 Å². The van der Waals surface area contributed by atoms with Gasteiger partial charge in [0.15, 0.2) is 8.32 Å². The molecule has 0 aromatic carbocycles. The molecule has 2 aromatic rings. The highest BCUT2D eigenvalue weighted by Crippen LogP contribution is 2.36. The van der Waals surface area contributed by atoms with Crippen molar-refractivity contribution < 1.29 is 9.16 Å². The molecule has 0 saturated carbocycles. The van der Waals surface area contributed by atoms with Crippen molar-refractivity contribution in [2.75, 3.05) is 13.2 Å². The number of hydrogen-bond donors (Lipinski definition) is 1. The Bertz CT molecular complexity index is 906. The first-order valence-electron chi connectivity index (χ1n) is 9.40. The van der Waals surface area contributed by atoms with Gasteiger partial charge in [-0.25, -0.2) is 9.83 Å². The zero-order valence-corrected chi connectivity index (χ0v) is 18.5. The Morgan fingerprint density at radius 1 is 1.25 bits per heavy atom. The van der Waals surface area contributed by atoms with Crippen molar-refractivity contribution in [1.82, 2.24) is 9.97 Å². The van der Waals surface area contributed by atoms with Crippen LogP contribution in [0.25, 0.3) is 16.0 Å². The van der Waals surface area contributed by atoms with Crippen molar-refractivity contribution in [1.29, 1.82) is 0 Å². The number of pyridine rings is 2. The summed E-state index contributed by atoms with van der Waals surface area (Å²) in [5.41, 5.74) is 2.02. The van der Waals surface area contributed by atoms with Crippen LogP contribution in [-0.2, 0) is 4.43 Å². The molecule has 150 valence electrons. The maximum Gasteiger partial charge on any atom is 0.254 e. The van der Waals surface area contributed by atoms with Gasteiger partial charge in [-0.3, -0.25) is 4.79 Å². The van der Waals surface area contributed by atoms with Gasteiger partial charge in [-0.15, -0.1) is 0 Å². The minimum absolute atomic E-state index is 0.0719. The number of nitrogens with zero attached hydrogens (tertiary/aromatic N) is 2. The number of hydrogen-bond acceptors (Lipinski definition) is 4. The lowest BCUT2D eigenvalue weighted by Crippen LogP contribution is -2.41. The predicted octanol–water partition coefficient (Wildman–Crippen LogP) is 5.09. The number of H-pyrrole nitrogens is 1. The van der Waals surface area contributed by atoms with Gasteiger partial charge in [0.1, 0.15) is 0 Å². The number of rotatable bonds is 7. The molecular formula is C21H29N3O3Si. The van der Waals surface area contributed by atoms with E-state index in [1.54, 1.807) is 25.3 Å². The molecule has 2 rings (SSSR count). The van der Waals surface area contributed by atoms with E-state index >= 15 is 0 Å². The third-order valence-electron chi connectivity index (χ3n) is 5.19. The number of aromatic nitrogens is 2. The molecule has 1 N–H and O–H groups in total. The van der Waals surface area contributed by atoms with Crippen LogP contribution in [0, 0.1) is 13.5 Å². The van der Waals surface area contributed by atoms with Gasteiger partial charge >= 0.3 is 0 Å². The summed E-state index contributed by atoms with van der Waals surface area (Å²) in [5.74, 6) is 0.545. The Balaban J connectivity index is 1.92. The molecule has 0 atom stereocenters. The molecule has 0 unspecified atom stereocenters. The van der Waals surface area contributed by atoms with E-state index in [0.29, 0.717) is 24.8 Å². The van der Waals surface area contributed by atoms with Crippen LogP contribution in [0.3, 0.4) is 0 Å². The highest BCUT2D eigenvalue weighted by atomic mass is 28.4. The molecule has 2 aromatic heterocycles. The van der Waals surface area contributed by atoms with E-state index < -0.39 is 8.32 Å². The fourth-order valence-electron chi connectivity index (χ4n) is 2.40. The van der Waals surface area contributed by atoms with Crippen molar-refractivity contribution in [2.24, 2.45) is 0 Å². The Kier molecular flexibility index (Phi) is 6.81. The van der Waals surface area contributed by atoms with E-state index in [1.165, 1.54) is 0 Å². The predicted molar refractivity (Wildman–Crippen MR) is 115 cm³/mol. The second-order valence-corrected chi connectivity index (χ2v) is 13.1. The summed E-state index contributed by atoms with van der Waals surface area (Å²) in [6.45, 7) is 21.3. The first-order chi connectivity index (χ1) is 13.0. The molecule has 0 aliphatic rings. The molecule has 6 nitrogen and oxygen atoms in total. The summed E-state index contributed by atoms with van der Waals surface area (Å²) in [5, 5.41) is 0.207. The Morgan fingerprint density at radius 2 is 1.96 bits per heavy atom. The minimum atomic E-state index is -1.71. The van der Waals surface area contributed by atoms with Gasteiger partial charge in [-0.1, -0.05) is 20.8 Å². The monoisotopic (exact) mass is 399 g/mol. The molecule has 0 aliphatic heterocycles. The third-order valence-corrected chi connectivity index (χ3v) is 9.73. The van der Waals surface area contributed by atoms with Crippen LogP contribution >= 0.6 is 0 Å². The first-order valence-corrected chi connectivity index (χ1v) is 12.3. The van der Waals surface area contributed by atoms with Crippen LogP contribution in [0.2, 0.25) is 18.1 Å². The number of nitrogens with one attached hydrogen (secondary N) is 1. The van der Waals surface area contributed by atoms with Crippen LogP contribution in [0.5, 0.6) is 5.88 Å². The standard InChI is InChI=1S/C21H29N3O3Si/c1-15-17(13-18(22-5)20(25)24-15)16-9-10-19(23-14-16)26-11-8-12-27-28(6,7)21(2,3)4/h9-10,13-14H,8,11-12H2,1-4,6-7H3,(H,24,25). The highest BCUT2D eigenvalue weighted by Gasteiger charge is 2.36. The molecule has 7 heteroatoms. The summed E-state index contributed by atoms with van der Waals surface area (Å²) in [6.07, 6.45) is 2.50. The van der Waals surface area contributed by atoms with Crippen molar-refractivity contribution in [3.63, 3.8) is 0 Å². The Labute approximate surface area is 167 Å². The van der Waals surface area contributed by atoms with Crippen molar-refractivity contribution in [2.45, 2.75) is 52.2 Å². The topological polar surface area (TPSA) is 68.6 Å². The largest absolute Gasteiger partial charge is 0.478 e. The van der Waals surface area contributed by atoms with E-state index in [1.807, 2.05) is 6.07 Å². The fraction of sp³-hybridized carbons (Fsp3) is 0.476. The third kappa shape index (κ3) is 5.30. The second kappa shape index (κ2) is 8.72. The Hall–Kier alpha value is -2.43. The van der Waals surface area contributed by atoms with E-state index in [-0.39, 0.29) is 16.3 Å². The summed E-state index contributed by atoms with van der Waals surface area (Å²) >= 11 is 0. The van der Waals surface area contributed by atoms with Crippen LogP contribution in [0.4, 0.5) is 5.69 Å². The Morgan fingerprint density at radius 3 is 2.54 bits per heavy atom. The molecule has 0 amide bonds. The van der Waals surface area contributed by atoms with Crippen LogP contribution in [0.15, 0.2) is 29.2 Å². The molecule has 28 heavy (non-hydrogen) atoms. The SMILES string of the molecule is [C-]#[N+]c1cc(-c2ccc(OCCCO[Si](C)(C)C(C)(C)C)nc2)c(C)[nH]c1=O. The molecule has 0 bridgehead atoms. The van der Waals surface area contributed by atoms with Crippen molar-refractivity contribution in [3.8, 4) is 17.0 Å². The minimum Gasteiger partial charge on any atom is -0.478 e. The average molecular weight is 400 g/mol. The smallest absolute Gasteiger partial charge is 0.254 e. The summed E-state index contributed by atoms with van der Waals surface area (Å²) < 4.78 is 11.8. The summed E-state index contributed by atoms with van der Waals surface area (Å²) in [4.78, 5) is 22.0. The zero-order chi connectivity index (χ0) is 20.9. The maximum absolute atomic E-state index is 11.7. The van der Waals surface area contributed by atoms with Gasteiger partial charge in [0.25, 0.3) is 11.2 Å². The first kappa shape index (κ1) is 21.9. The van der Waals surface area contributed by atoms with Crippen LogP contribution in [-0.4, -0.2) is 31.5 Å². The van der Waals surface area contributed by atoms with E-state index in [0.717, 1.165) is 17.5 Å². The summed E-state index contributed by atoms with van der Waals surface area (Å²) in [6, 6.07) is 5.27. The van der Waals surface area contributed by atoms with Crippen LogP contribution in [0.1, 0.15) is 32.9 Å².